The molecule has 0 bridgehead atoms. The number of amides is 2. The van der Waals surface area contributed by atoms with Crippen molar-refractivity contribution >= 4 is 29.1 Å². The van der Waals surface area contributed by atoms with Crippen LogP contribution in [0.5, 0.6) is 5.75 Å². The van der Waals surface area contributed by atoms with Gasteiger partial charge in [-0.3, -0.25) is 19.2 Å². The summed E-state index contributed by atoms with van der Waals surface area (Å²) in [5.74, 6) is -4.27. The van der Waals surface area contributed by atoms with Gasteiger partial charge >= 0.3 is 0 Å². The predicted octanol–water partition coefficient (Wildman–Crippen LogP) is 3.78. The number of ether oxygens (including phenoxy) is 2. The Morgan fingerprint density at radius 3 is 2.06 bits per heavy atom. The van der Waals surface area contributed by atoms with E-state index >= 15 is 0 Å². The van der Waals surface area contributed by atoms with E-state index in [1.54, 1.807) is 79.7 Å². The van der Waals surface area contributed by atoms with Crippen LogP contribution < -0.4 is 9.64 Å². The minimum absolute atomic E-state index is 0.207. The molecular formula is C28H21NO6. The summed E-state index contributed by atoms with van der Waals surface area (Å²) in [6.07, 6.45) is -0.941. The number of para-hydroxylation sites is 2. The first-order valence-electron chi connectivity index (χ1n) is 11.5. The number of ketones is 2. The number of anilines is 1. The summed E-state index contributed by atoms with van der Waals surface area (Å²) >= 11 is 0. The van der Waals surface area contributed by atoms with Gasteiger partial charge in [0.2, 0.25) is 29.0 Å². The Hall–Kier alpha value is -4.10. The van der Waals surface area contributed by atoms with Gasteiger partial charge in [-0.25, -0.2) is 4.90 Å². The summed E-state index contributed by atoms with van der Waals surface area (Å²) in [6, 6.07) is 22.1. The highest BCUT2D eigenvalue weighted by Crippen LogP contribution is 2.58. The fraction of sp³-hybridized carbons (Fsp3) is 0.214. The van der Waals surface area contributed by atoms with Gasteiger partial charge in [0.1, 0.15) is 5.75 Å². The Morgan fingerprint density at radius 1 is 0.800 bits per heavy atom. The van der Waals surface area contributed by atoms with Crippen LogP contribution in [0.2, 0.25) is 0 Å². The van der Waals surface area contributed by atoms with Crippen LogP contribution in [0.4, 0.5) is 5.69 Å². The number of Topliss-reactive ketones (excluding diaryl/α,β-unsaturated/α-hetero) is 2. The maximum Gasteiger partial charge on any atom is 0.241 e. The van der Waals surface area contributed by atoms with Crippen LogP contribution in [0.1, 0.15) is 39.3 Å². The smallest absolute Gasteiger partial charge is 0.241 e. The molecule has 0 N–H and O–H groups in total. The summed E-state index contributed by atoms with van der Waals surface area (Å²) in [7, 11) is 0. The van der Waals surface area contributed by atoms with E-state index in [0.717, 1.165) is 4.90 Å². The molecule has 6 rings (SSSR count). The van der Waals surface area contributed by atoms with Gasteiger partial charge in [0.15, 0.2) is 0 Å². The van der Waals surface area contributed by atoms with Crippen molar-refractivity contribution in [1.82, 2.24) is 0 Å². The standard InChI is InChI=1S/C28H21NO6/c1-2-34-20-15-9-8-14-19(20)29-26(32)21-22(27(29)33)28(35-23(21)16-10-4-3-5-11-16)24(30)17-12-6-7-13-18(17)25(28)31/h3-15,21-23H,2H2,1H3/t21-,22+,23+/m0/s1. The largest absolute Gasteiger partial charge is 0.492 e. The molecule has 2 heterocycles. The normalized spacial score (nSPS) is 24.3. The van der Waals surface area contributed by atoms with Crippen molar-refractivity contribution in [3.8, 4) is 5.75 Å². The van der Waals surface area contributed by atoms with Crippen LogP contribution in [0.3, 0.4) is 0 Å². The zero-order chi connectivity index (χ0) is 24.3. The second kappa shape index (κ2) is 7.71. The number of fused-ring (bicyclic) bond motifs is 3. The number of nitrogens with zero attached hydrogens (tertiary/aromatic N) is 1. The Balaban J connectivity index is 1.54. The first-order valence-corrected chi connectivity index (χ1v) is 11.5. The number of benzene rings is 3. The molecule has 3 aromatic rings. The van der Waals surface area contributed by atoms with Gasteiger partial charge in [-0.15, -0.1) is 0 Å². The Morgan fingerprint density at radius 2 is 1.40 bits per heavy atom. The molecule has 7 heteroatoms. The highest BCUT2D eigenvalue weighted by atomic mass is 16.5. The summed E-state index contributed by atoms with van der Waals surface area (Å²) in [6.45, 7) is 2.15. The first kappa shape index (κ1) is 21.4. The quantitative estimate of drug-likeness (QED) is 0.429. The molecule has 174 valence electrons. The Kier molecular flexibility index (Phi) is 4.72. The average molecular weight is 467 g/mol. The minimum Gasteiger partial charge on any atom is -0.492 e. The molecule has 0 aromatic heterocycles. The van der Waals surface area contributed by atoms with Crippen LogP contribution in [-0.4, -0.2) is 35.6 Å². The summed E-state index contributed by atoms with van der Waals surface area (Å²) in [5.41, 5.74) is -0.762. The molecule has 0 saturated carbocycles. The van der Waals surface area contributed by atoms with Gasteiger partial charge in [0.25, 0.3) is 0 Å². The fourth-order valence-electron chi connectivity index (χ4n) is 5.62. The van der Waals surface area contributed by atoms with E-state index in [1.807, 2.05) is 6.07 Å². The summed E-state index contributed by atoms with van der Waals surface area (Å²) in [5, 5.41) is 0. The third-order valence-electron chi connectivity index (χ3n) is 7.05. The lowest BCUT2D eigenvalue weighted by Gasteiger charge is -2.27. The molecule has 3 aromatic carbocycles. The third kappa shape index (κ3) is 2.76. The molecule has 7 nitrogen and oxygen atoms in total. The zero-order valence-corrected chi connectivity index (χ0v) is 18.8. The van der Waals surface area contributed by atoms with E-state index < -0.39 is 46.9 Å². The van der Waals surface area contributed by atoms with E-state index in [2.05, 4.69) is 0 Å². The number of rotatable bonds is 4. The van der Waals surface area contributed by atoms with Crippen LogP contribution in [0, 0.1) is 11.8 Å². The van der Waals surface area contributed by atoms with Crippen molar-refractivity contribution in [2.75, 3.05) is 11.5 Å². The minimum atomic E-state index is -2.09. The van der Waals surface area contributed by atoms with Crippen molar-refractivity contribution in [1.29, 1.82) is 0 Å². The van der Waals surface area contributed by atoms with E-state index in [0.29, 0.717) is 17.9 Å². The maximum atomic E-state index is 14.0. The summed E-state index contributed by atoms with van der Waals surface area (Å²) in [4.78, 5) is 56.5. The van der Waals surface area contributed by atoms with Crippen LogP contribution >= 0.6 is 0 Å². The molecule has 35 heavy (non-hydrogen) atoms. The van der Waals surface area contributed by atoms with Crippen molar-refractivity contribution < 1.29 is 28.7 Å². The molecule has 2 saturated heterocycles. The number of carbonyl (C=O) groups excluding carboxylic acids is 4. The lowest BCUT2D eigenvalue weighted by atomic mass is 9.77. The lowest BCUT2D eigenvalue weighted by Crippen LogP contribution is -2.51. The Labute approximate surface area is 201 Å². The first-order chi connectivity index (χ1) is 17.0. The van der Waals surface area contributed by atoms with E-state index in [9.17, 15) is 19.2 Å². The third-order valence-corrected chi connectivity index (χ3v) is 7.05. The van der Waals surface area contributed by atoms with Gasteiger partial charge in [0, 0.05) is 11.1 Å². The molecule has 0 radical (unpaired) electrons. The number of imide groups is 1. The monoisotopic (exact) mass is 467 g/mol. The molecule has 1 aliphatic carbocycles. The molecule has 2 fully saturated rings. The van der Waals surface area contributed by atoms with Crippen LogP contribution in [0.15, 0.2) is 78.9 Å². The molecule has 0 unspecified atom stereocenters. The average Bonchev–Trinajstić information content (AvgIpc) is 3.45. The van der Waals surface area contributed by atoms with Gasteiger partial charge < -0.3 is 9.47 Å². The van der Waals surface area contributed by atoms with Gasteiger partial charge in [-0.1, -0.05) is 66.7 Å². The summed E-state index contributed by atoms with van der Waals surface area (Å²) < 4.78 is 12.0. The van der Waals surface area contributed by atoms with E-state index in [1.165, 1.54) is 0 Å². The number of carbonyl (C=O) groups is 4. The van der Waals surface area contributed by atoms with Crippen molar-refractivity contribution in [3.05, 3.63) is 95.6 Å². The SMILES string of the molecule is CCOc1ccccc1N1C(=O)[C@@H]2[C@@H](c3ccccc3)OC3(C(=O)c4ccccc4C3=O)[C@H]2C1=O. The fourth-order valence-corrected chi connectivity index (χ4v) is 5.62. The molecule has 2 aliphatic heterocycles. The zero-order valence-electron chi connectivity index (χ0n) is 18.8. The molecule has 3 aliphatic rings. The van der Waals surface area contributed by atoms with E-state index in [-0.39, 0.29) is 16.8 Å². The van der Waals surface area contributed by atoms with Crippen LogP contribution in [0.25, 0.3) is 0 Å². The number of hydrogen-bond acceptors (Lipinski definition) is 6. The highest BCUT2D eigenvalue weighted by Gasteiger charge is 2.74. The highest BCUT2D eigenvalue weighted by molar-refractivity contribution is 6.37. The van der Waals surface area contributed by atoms with E-state index in [4.69, 9.17) is 9.47 Å². The van der Waals surface area contributed by atoms with Gasteiger partial charge in [0.05, 0.1) is 30.2 Å². The Bertz CT molecular complexity index is 1360. The van der Waals surface area contributed by atoms with Crippen molar-refractivity contribution in [2.45, 2.75) is 18.6 Å². The van der Waals surface area contributed by atoms with Gasteiger partial charge in [-0.05, 0) is 24.6 Å². The maximum absolute atomic E-state index is 14.0. The molecule has 2 amide bonds. The second-order valence-electron chi connectivity index (χ2n) is 8.80. The van der Waals surface area contributed by atoms with Crippen molar-refractivity contribution in [3.63, 3.8) is 0 Å². The second-order valence-corrected chi connectivity index (χ2v) is 8.80. The van der Waals surface area contributed by atoms with Crippen LogP contribution in [-0.2, 0) is 14.3 Å². The van der Waals surface area contributed by atoms with Crippen molar-refractivity contribution in [2.24, 2.45) is 11.8 Å². The van der Waals surface area contributed by atoms with Gasteiger partial charge in [-0.2, -0.15) is 0 Å². The topological polar surface area (TPSA) is 90.0 Å². The molecule has 3 atom stereocenters. The predicted molar refractivity (Wildman–Crippen MR) is 125 cm³/mol. The lowest BCUT2D eigenvalue weighted by molar-refractivity contribution is -0.127. The molecule has 1 spiro atoms. The number of hydrogen-bond donors (Lipinski definition) is 0. The molecular weight excluding hydrogens is 446 g/mol.